The highest BCUT2D eigenvalue weighted by molar-refractivity contribution is 6.83. The molecule has 0 spiro atoms. The maximum atomic E-state index is 12.4. The normalized spacial score (nSPS) is 15.5. The number of carbonyl (C=O) groups excluding carboxylic acids is 2. The van der Waals surface area contributed by atoms with E-state index in [2.05, 4.69) is 36.4 Å². The van der Waals surface area contributed by atoms with Crippen molar-refractivity contribution in [2.24, 2.45) is 5.92 Å². The van der Waals surface area contributed by atoms with Gasteiger partial charge in [0.15, 0.2) is 0 Å². The maximum absolute atomic E-state index is 12.4. The van der Waals surface area contributed by atoms with Gasteiger partial charge in [-0.05, 0) is 27.7 Å². The highest BCUT2D eigenvalue weighted by Gasteiger charge is 2.36. The first-order valence-electron chi connectivity index (χ1n) is 8.17. The zero-order chi connectivity index (χ0) is 18.5. The molecule has 0 saturated carbocycles. The molecule has 1 N–H and O–H groups in total. The molecule has 5 nitrogen and oxygen atoms in total. The standard InChI is InChI=1S/C18H27NO4Si/c1-8-22-17(20)15-12(3)19-13(4)16(18(21)23-9-2)14(15)10-11-24(5,6)7/h14,19H,8-9H2,1-7H3. The van der Waals surface area contributed by atoms with Gasteiger partial charge in [-0.1, -0.05) is 25.6 Å². The Kier molecular flexibility index (Phi) is 6.85. The van der Waals surface area contributed by atoms with Crippen LogP contribution in [0.5, 0.6) is 0 Å². The molecule has 24 heavy (non-hydrogen) atoms. The lowest BCUT2D eigenvalue weighted by Gasteiger charge is -2.27. The molecule has 1 heterocycles. The van der Waals surface area contributed by atoms with Crippen LogP contribution < -0.4 is 5.32 Å². The number of hydrogen-bond acceptors (Lipinski definition) is 5. The van der Waals surface area contributed by atoms with Crippen LogP contribution in [0, 0.1) is 17.4 Å². The number of esters is 2. The SMILES string of the molecule is CCOC(=O)C1=C(C)NC(C)=C(C(=O)OCC)C1C#C[Si](C)(C)C. The first kappa shape index (κ1) is 20.0. The summed E-state index contributed by atoms with van der Waals surface area (Å²) < 4.78 is 10.3. The topological polar surface area (TPSA) is 64.6 Å². The lowest BCUT2D eigenvalue weighted by atomic mass is 9.86. The van der Waals surface area contributed by atoms with E-state index in [4.69, 9.17) is 9.47 Å². The average molecular weight is 350 g/mol. The molecule has 1 aliphatic rings. The summed E-state index contributed by atoms with van der Waals surface area (Å²) in [4.78, 5) is 24.8. The van der Waals surface area contributed by atoms with Gasteiger partial charge in [0.25, 0.3) is 0 Å². The Hall–Kier alpha value is -2.00. The molecule has 0 aromatic rings. The van der Waals surface area contributed by atoms with Crippen molar-refractivity contribution >= 4 is 20.0 Å². The number of nitrogens with one attached hydrogen (secondary N) is 1. The van der Waals surface area contributed by atoms with Crippen molar-refractivity contribution in [2.45, 2.75) is 47.3 Å². The van der Waals surface area contributed by atoms with E-state index < -0.39 is 25.9 Å². The van der Waals surface area contributed by atoms with Crippen molar-refractivity contribution in [3.8, 4) is 11.5 Å². The van der Waals surface area contributed by atoms with Gasteiger partial charge < -0.3 is 14.8 Å². The van der Waals surface area contributed by atoms with Crippen molar-refractivity contribution in [3.63, 3.8) is 0 Å². The molecule has 0 fully saturated rings. The van der Waals surface area contributed by atoms with E-state index >= 15 is 0 Å². The Balaban J connectivity index is 3.45. The number of dihydropyridines is 1. The van der Waals surface area contributed by atoms with Crippen LogP contribution in [0.15, 0.2) is 22.5 Å². The smallest absolute Gasteiger partial charge is 0.337 e. The lowest BCUT2D eigenvalue weighted by Crippen LogP contribution is -2.33. The molecule has 0 unspecified atom stereocenters. The highest BCUT2D eigenvalue weighted by Crippen LogP contribution is 2.31. The molecular weight excluding hydrogens is 322 g/mol. The fraction of sp³-hybridized carbons (Fsp3) is 0.556. The van der Waals surface area contributed by atoms with Gasteiger partial charge in [-0.2, -0.15) is 0 Å². The van der Waals surface area contributed by atoms with Crippen LogP contribution in [-0.4, -0.2) is 33.2 Å². The molecule has 6 heteroatoms. The Labute approximate surface area is 145 Å². The maximum Gasteiger partial charge on any atom is 0.337 e. The summed E-state index contributed by atoms with van der Waals surface area (Å²) in [6.45, 7) is 14.0. The molecule has 0 aliphatic carbocycles. The lowest BCUT2D eigenvalue weighted by molar-refractivity contribution is -0.139. The molecule has 132 valence electrons. The summed E-state index contributed by atoms with van der Waals surface area (Å²) in [5.74, 6) is 1.62. The van der Waals surface area contributed by atoms with E-state index in [1.165, 1.54) is 0 Å². The van der Waals surface area contributed by atoms with Crippen LogP contribution in [0.1, 0.15) is 27.7 Å². The Morgan fingerprint density at radius 3 is 1.75 bits per heavy atom. The predicted octanol–water partition coefficient (Wildman–Crippen LogP) is 2.76. The summed E-state index contributed by atoms with van der Waals surface area (Å²) >= 11 is 0. The molecule has 0 aromatic heterocycles. The third-order valence-electron chi connectivity index (χ3n) is 3.34. The second kappa shape index (κ2) is 8.20. The molecular formula is C18H27NO4Si. The van der Waals surface area contributed by atoms with Gasteiger partial charge in [-0.15, -0.1) is 5.54 Å². The van der Waals surface area contributed by atoms with E-state index in [-0.39, 0.29) is 13.2 Å². The van der Waals surface area contributed by atoms with Crippen molar-refractivity contribution in [2.75, 3.05) is 13.2 Å². The minimum absolute atomic E-state index is 0.265. The highest BCUT2D eigenvalue weighted by atomic mass is 28.3. The van der Waals surface area contributed by atoms with Gasteiger partial charge in [-0.25, -0.2) is 9.59 Å². The van der Waals surface area contributed by atoms with E-state index in [9.17, 15) is 9.59 Å². The number of allylic oxidation sites excluding steroid dienone is 2. The summed E-state index contributed by atoms with van der Waals surface area (Å²) in [5.41, 5.74) is 5.36. The number of carbonyl (C=O) groups is 2. The van der Waals surface area contributed by atoms with Gasteiger partial charge in [0.2, 0.25) is 0 Å². The van der Waals surface area contributed by atoms with Crippen LogP contribution >= 0.6 is 0 Å². The van der Waals surface area contributed by atoms with Crippen LogP contribution in [0.3, 0.4) is 0 Å². The molecule has 0 atom stereocenters. The summed E-state index contributed by atoms with van der Waals surface area (Å²) in [6.07, 6.45) is 0. The molecule has 1 aliphatic heterocycles. The fourth-order valence-electron chi connectivity index (χ4n) is 2.39. The Bertz CT molecular complexity index is 604. The third-order valence-corrected chi connectivity index (χ3v) is 4.24. The van der Waals surface area contributed by atoms with E-state index in [0.29, 0.717) is 22.5 Å². The quantitative estimate of drug-likeness (QED) is 0.480. The van der Waals surface area contributed by atoms with Crippen LogP contribution in [0.4, 0.5) is 0 Å². The monoisotopic (exact) mass is 349 g/mol. The minimum Gasteiger partial charge on any atom is -0.463 e. The first-order valence-corrected chi connectivity index (χ1v) is 11.7. The molecule has 0 radical (unpaired) electrons. The summed E-state index contributed by atoms with van der Waals surface area (Å²) in [5, 5.41) is 3.09. The molecule has 0 aromatic carbocycles. The van der Waals surface area contributed by atoms with Crippen molar-refractivity contribution in [3.05, 3.63) is 22.5 Å². The number of ether oxygens (including phenoxy) is 2. The third kappa shape index (κ3) is 5.00. The van der Waals surface area contributed by atoms with Gasteiger partial charge in [-0.3, -0.25) is 0 Å². The number of rotatable bonds is 4. The minimum atomic E-state index is -1.68. The van der Waals surface area contributed by atoms with Gasteiger partial charge >= 0.3 is 11.9 Å². The van der Waals surface area contributed by atoms with Gasteiger partial charge in [0, 0.05) is 11.4 Å². The molecule has 1 rings (SSSR count). The van der Waals surface area contributed by atoms with Crippen LogP contribution in [0.25, 0.3) is 0 Å². The first-order chi connectivity index (χ1) is 11.1. The molecule has 0 bridgehead atoms. The van der Waals surface area contributed by atoms with Gasteiger partial charge in [0.1, 0.15) is 8.07 Å². The summed E-state index contributed by atoms with van der Waals surface area (Å²) in [6, 6.07) is 0. The molecule has 0 amide bonds. The van der Waals surface area contributed by atoms with Crippen LogP contribution in [0.2, 0.25) is 19.6 Å². The van der Waals surface area contributed by atoms with E-state index in [1.54, 1.807) is 27.7 Å². The predicted molar refractivity (Wildman–Crippen MR) is 96.4 cm³/mol. The van der Waals surface area contributed by atoms with E-state index in [0.717, 1.165) is 0 Å². The number of hydrogen-bond donors (Lipinski definition) is 1. The van der Waals surface area contributed by atoms with Gasteiger partial charge in [0.05, 0.1) is 30.3 Å². The second-order valence-corrected chi connectivity index (χ2v) is 11.3. The summed E-state index contributed by atoms with van der Waals surface area (Å²) in [7, 11) is -1.68. The average Bonchev–Trinajstić information content (AvgIpc) is 2.44. The zero-order valence-electron chi connectivity index (χ0n) is 15.6. The largest absolute Gasteiger partial charge is 0.463 e. The fourth-order valence-corrected chi connectivity index (χ4v) is 2.96. The van der Waals surface area contributed by atoms with E-state index in [1.807, 2.05) is 0 Å². The van der Waals surface area contributed by atoms with Crippen LogP contribution in [-0.2, 0) is 19.1 Å². The van der Waals surface area contributed by atoms with Crippen molar-refractivity contribution < 1.29 is 19.1 Å². The zero-order valence-corrected chi connectivity index (χ0v) is 16.6. The molecule has 0 saturated heterocycles. The van der Waals surface area contributed by atoms with Crippen molar-refractivity contribution in [1.82, 2.24) is 5.32 Å². The second-order valence-electron chi connectivity index (χ2n) is 6.60. The Morgan fingerprint density at radius 1 is 1.00 bits per heavy atom. The van der Waals surface area contributed by atoms with Crippen molar-refractivity contribution in [1.29, 1.82) is 0 Å². The Morgan fingerprint density at radius 2 is 1.42 bits per heavy atom.